The van der Waals surface area contributed by atoms with Crippen LogP contribution in [0.2, 0.25) is 0 Å². The van der Waals surface area contributed by atoms with Crippen molar-refractivity contribution in [3.8, 4) is 0 Å². The molecule has 0 atom stereocenters. The zero-order valence-electron chi connectivity index (χ0n) is 10.7. The van der Waals surface area contributed by atoms with Gasteiger partial charge in [0.2, 0.25) is 0 Å². The molecular weight excluding hydrogens is 226 g/mol. The molecule has 0 bridgehead atoms. The predicted molar refractivity (Wildman–Crippen MR) is 72.6 cm³/mol. The van der Waals surface area contributed by atoms with Crippen molar-refractivity contribution >= 4 is 17.0 Å². The normalized spacial score (nSPS) is 15.2. The van der Waals surface area contributed by atoms with E-state index in [0.717, 1.165) is 35.9 Å². The third-order valence-electron chi connectivity index (χ3n) is 3.24. The van der Waals surface area contributed by atoms with Crippen molar-refractivity contribution in [3.05, 3.63) is 29.6 Å². The number of benzene rings is 1. The fourth-order valence-corrected chi connectivity index (χ4v) is 2.20. The second kappa shape index (κ2) is 4.33. The quantitative estimate of drug-likeness (QED) is 0.835. The van der Waals surface area contributed by atoms with Crippen LogP contribution in [0.15, 0.2) is 23.2 Å². The van der Waals surface area contributed by atoms with Crippen LogP contribution in [0.3, 0.4) is 0 Å². The van der Waals surface area contributed by atoms with Crippen LogP contribution in [-0.2, 0) is 6.54 Å². The highest BCUT2D eigenvalue weighted by Gasteiger charge is 2.12. The van der Waals surface area contributed by atoms with E-state index in [1.165, 1.54) is 5.56 Å². The van der Waals surface area contributed by atoms with Gasteiger partial charge in [-0.2, -0.15) is 0 Å². The maximum atomic E-state index is 4.61. The van der Waals surface area contributed by atoms with Gasteiger partial charge in [0.25, 0.3) is 0 Å². The lowest BCUT2D eigenvalue weighted by atomic mass is 10.2. The third kappa shape index (κ3) is 1.92. The van der Waals surface area contributed by atoms with Gasteiger partial charge in [-0.15, -0.1) is 0 Å². The van der Waals surface area contributed by atoms with Gasteiger partial charge >= 0.3 is 0 Å². The maximum Gasteiger partial charge on any atom is 0.194 e. The molecule has 5 nitrogen and oxygen atoms in total. The zero-order valence-corrected chi connectivity index (χ0v) is 10.7. The first-order valence-corrected chi connectivity index (χ1v) is 6.18. The highest BCUT2D eigenvalue weighted by atomic mass is 15.3. The molecule has 0 saturated heterocycles. The van der Waals surface area contributed by atoms with Crippen LogP contribution in [0.5, 0.6) is 0 Å². The van der Waals surface area contributed by atoms with E-state index in [0.29, 0.717) is 6.54 Å². The van der Waals surface area contributed by atoms with E-state index in [2.05, 4.69) is 44.2 Å². The fraction of sp³-hybridized carbons (Fsp3) is 0.385. The molecule has 1 aliphatic rings. The lowest BCUT2D eigenvalue weighted by molar-refractivity contribution is 0.532. The molecule has 0 fully saturated rings. The molecule has 1 aromatic heterocycles. The second-order valence-electron chi connectivity index (χ2n) is 4.64. The van der Waals surface area contributed by atoms with E-state index < -0.39 is 0 Å². The maximum absolute atomic E-state index is 4.61. The molecule has 2 aromatic rings. The molecule has 5 heteroatoms. The minimum atomic E-state index is 0.678. The molecule has 0 radical (unpaired) electrons. The van der Waals surface area contributed by atoms with Crippen LogP contribution in [0.25, 0.3) is 11.0 Å². The summed E-state index contributed by atoms with van der Waals surface area (Å²) in [4.78, 5) is 14.4. The SMILES string of the molecule is Cc1cccc2[nH]c(CNC3=NCCN3C)nc12. The number of rotatable bonds is 2. The average Bonchev–Trinajstić information content (AvgIpc) is 2.93. The first-order valence-electron chi connectivity index (χ1n) is 6.18. The Morgan fingerprint density at radius 2 is 2.33 bits per heavy atom. The van der Waals surface area contributed by atoms with Crippen molar-refractivity contribution in [1.29, 1.82) is 0 Å². The molecule has 2 N–H and O–H groups in total. The summed E-state index contributed by atoms with van der Waals surface area (Å²) in [7, 11) is 2.04. The summed E-state index contributed by atoms with van der Waals surface area (Å²) in [6.45, 7) is 4.62. The Bertz CT molecular complexity index is 598. The summed E-state index contributed by atoms with van der Waals surface area (Å²) in [5.74, 6) is 1.90. The van der Waals surface area contributed by atoms with Crippen LogP contribution in [-0.4, -0.2) is 41.0 Å². The van der Waals surface area contributed by atoms with Crippen molar-refractivity contribution in [2.45, 2.75) is 13.5 Å². The van der Waals surface area contributed by atoms with Crippen LogP contribution >= 0.6 is 0 Å². The van der Waals surface area contributed by atoms with Crippen molar-refractivity contribution in [3.63, 3.8) is 0 Å². The Kier molecular flexibility index (Phi) is 2.66. The van der Waals surface area contributed by atoms with Gasteiger partial charge in [0, 0.05) is 13.6 Å². The van der Waals surface area contributed by atoms with Crippen molar-refractivity contribution in [2.24, 2.45) is 4.99 Å². The standard InChI is InChI=1S/C13H17N5/c1-9-4-3-5-10-12(9)17-11(16-10)8-15-13-14-6-7-18(13)2/h3-5H,6-8H2,1-2H3,(H,14,15)(H,16,17). The molecule has 0 amide bonds. The van der Waals surface area contributed by atoms with Crippen LogP contribution < -0.4 is 5.32 Å². The highest BCUT2D eigenvalue weighted by Crippen LogP contribution is 2.15. The molecule has 2 heterocycles. The minimum absolute atomic E-state index is 0.678. The van der Waals surface area contributed by atoms with Gasteiger partial charge in [0.05, 0.1) is 24.1 Å². The summed E-state index contributed by atoms with van der Waals surface area (Å²) >= 11 is 0. The predicted octanol–water partition coefficient (Wildman–Crippen LogP) is 1.26. The number of aryl methyl sites for hydroxylation is 1. The fourth-order valence-electron chi connectivity index (χ4n) is 2.20. The summed E-state index contributed by atoms with van der Waals surface area (Å²) < 4.78 is 0. The molecule has 94 valence electrons. The Morgan fingerprint density at radius 1 is 1.44 bits per heavy atom. The van der Waals surface area contributed by atoms with Gasteiger partial charge in [0.1, 0.15) is 5.82 Å². The second-order valence-corrected chi connectivity index (χ2v) is 4.64. The van der Waals surface area contributed by atoms with Crippen LogP contribution in [0.1, 0.15) is 11.4 Å². The average molecular weight is 243 g/mol. The summed E-state index contributed by atoms with van der Waals surface area (Å²) in [5.41, 5.74) is 3.34. The largest absolute Gasteiger partial charge is 0.349 e. The number of fused-ring (bicyclic) bond motifs is 1. The first kappa shape index (κ1) is 11.1. The number of nitrogens with zero attached hydrogens (tertiary/aromatic N) is 3. The van der Waals surface area contributed by atoms with Gasteiger partial charge in [-0.25, -0.2) is 4.98 Å². The number of para-hydroxylation sites is 1. The summed E-state index contributed by atoms with van der Waals surface area (Å²) in [6, 6.07) is 6.18. The van der Waals surface area contributed by atoms with E-state index in [1.807, 2.05) is 13.1 Å². The van der Waals surface area contributed by atoms with Crippen molar-refractivity contribution in [1.82, 2.24) is 20.2 Å². The zero-order chi connectivity index (χ0) is 12.5. The Labute approximate surface area is 106 Å². The van der Waals surface area contributed by atoms with Crippen molar-refractivity contribution < 1.29 is 0 Å². The number of nitrogens with one attached hydrogen (secondary N) is 2. The number of aliphatic imine (C=N–C) groups is 1. The molecule has 18 heavy (non-hydrogen) atoms. The van der Waals surface area contributed by atoms with E-state index in [1.54, 1.807) is 0 Å². The Balaban J connectivity index is 1.77. The molecule has 1 aromatic carbocycles. The van der Waals surface area contributed by atoms with Gasteiger partial charge in [-0.05, 0) is 18.6 Å². The number of hydrogen-bond donors (Lipinski definition) is 2. The number of aromatic nitrogens is 2. The lowest BCUT2D eigenvalue weighted by Gasteiger charge is -2.14. The number of guanidine groups is 1. The number of H-pyrrole nitrogens is 1. The smallest absolute Gasteiger partial charge is 0.194 e. The van der Waals surface area contributed by atoms with E-state index in [4.69, 9.17) is 0 Å². The summed E-state index contributed by atoms with van der Waals surface area (Å²) in [6.07, 6.45) is 0. The molecule has 0 spiro atoms. The number of aromatic amines is 1. The molecule has 3 rings (SSSR count). The van der Waals surface area contributed by atoms with Crippen LogP contribution in [0.4, 0.5) is 0 Å². The van der Waals surface area contributed by atoms with E-state index in [9.17, 15) is 0 Å². The Hall–Kier alpha value is -2.04. The molecular formula is C13H17N5. The minimum Gasteiger partial charge on any atom is -0.349 e. The third-order valence-corrected chi connectivity index (χ3v) is 3.24. The molecule has 1 aliphatic heterocycles. The Morgan fingerprint density at radius 3 is 3.06 bits per heavy atom. The monoisotopic (exact) mass is 243 g/mol. The molecule has 0 aliphatic carbocycles. The summed E-state index contributed by atoms with van der Waals surface area (Å²) in [5, 5.41) is 3.31. The van der Waals surface area contributed by atoms with Crippen molar-refractivity contribution in [2.75, 3.05) is 20.1 Å². The lowest BCUT2D eigenvalue weighted by Crippen LogP contribution is -2.35. The number of hydrogen-bond acceptors (Lipinski definition) is 4. The van der Waals surface area contributed by atoms with Gasteiger partial charge in [-0.3, -0.25) is 4.99 Å². The van der Waals surface area contributed by atoms with Gasteiger partial charge < -0.3 is 15.2 Å². The highest BCUT2D eigenvalue weighted by molar-refractivity contribution is 5.81. The van der Waals surface area contributed by atoms with Crippen LogP contribution in [0, 0.1) is 6.92 Å². The number of likely N-dealkylation sites (N-methyl/N-ethyl adjacent to an activating group) is 1. The molecule has 0 unspecified atom stereocenters. The first-order chi connectivity index (χ1) is 8.74. The van der Waals surface area contributed by atoms with Gasteiger partial charge in [-0.1, -0.05) is 12.1 Å². The number of imidazole rings is 1. The topological polar surface area (TPSA) is 56.3 Å². The van der Waals surface area contributed by atoms with E-state index >= 15 is 0 Å². The van der Waals surface area contributed by atoms with E-state index in [-0.39, 0.29) is 0 Å². The van der Waals surface area contributed by atoms with Gasteiger partial charge in [0.15, 0.2) is 5.96 Å². The molecule has 0 saturated carbocycles.